The minimum absolute atomic E-state index is 0.571. The van der Waals surface area contributed by atoms with E-state index in [2.05, 4.69) is 20.8 Å². The monoisotopic (exact) mass is 302 g/mol. The van der Waals surface area contributed by atoms with E-state index in [1.807, 2.05) is 79.0 Å². The van der Waals surface area contributed by atoms with Gasteiger partial charge in [-0.3, -0.25) is 20.8 Å². The van der Waals surface area contributed by atoms with Gasteiger partial charge in [-0.2, -0.15) is 0 Å². The molecule has 0 unspecified atom stereocenters. The Morgan fingerprint density at radius 3 is 2.30 bits per heavy atom. The maximum atomic E-state index is 4.68. The highest BCUT2D eigenvalue weighted by molar-refractivity contribution is 5.99. The minimum Gasteiger partial charge on any atom is -0.300 e. The molecule has 114 valence electrons. The number of aliphatic imine (C=N–C) groups is 1. The lowest BCUT2D eigenvalue weighted by Gasteiger charge is -2.13. The van der Waals surface area contributed by atoms with Gasteiger partial charge in [-0.15, -0.1) is 0 Å². The van der Waals surface area contributed by atoms with E-state index < -0.39 is 0 Å². The summed E-state index contributed by atoms with van der Waals surface area (Å²) in [5, 5.41) is 0. The summed E-state index contributed by atoms with van der Waals surface area (Å²) in [7, 11) is 0. The van der Waals surface area contributed by atoms with Gasteiger partial charge in [0, 0.05) is 18.0 Å². The molecule has 0 aliphatic carbocycles. The van der Waals surface area contributed by atoms with Crippen LogP contribution in [0.2, 0.25) is 0 Å². The van der Waals surface area contributed by atoms with Gasteiger partial charge in [0.05, 0.1) is 12.2 Å². The lowest BCUT2D eigenvalue weighted by atomic mass is 10.2. The molecule has 0 fully saturated rings. The van der Waals surface area contributed by atoms with Gasteiger partial charge in [0.2, 0.25) is 0 Å². The SMILES string of the molecule is c1ccc(NNC(=NCc2cccnc2)c2ccccc2)cc1. The fraction of sp³-hybridized carbons (Fsp3) is 0.0526. The van der Waals surface area contributed by atoms with E-state index in [9.17, 15) is 0 Å². The third kappa shape index (κ3) is 4.41. The molecule has 23 heavy (non-hydrogen) atoms. The van der Waals surface area contributed by atoms with Gasteiger partial charge >= 0.3 is 0 Å². The molecule has 0 aliphatic heterocycles. The normalized spacial score (nSPS) is 11.0. The van der Waals surface area contributed by atoms with E-state index in [0.29, 0.717) is 6.54 Å². The number of nitrogens with one attached hydrogen (secondary N) is 2. The minimum atomic E-state index is 0.571. The van der Waals surface area contributed by atoms with Crippen LogP contribution in [-0.2, 0) is 6.54 Å². The van der Waals surface area contributed by atoms with Gasteiger partial charge in [0.15, 0.2) is 0 Å². The molecule has 0 radical (unpaired) electrons. The van der Waals surface area contributed by atoms with Crippen LogP contribution in [0.4, 0.5) is 5.69 Å². The van der Waals surface area contributed by atoms with Crippen molar-refractivity contribution in [3.05, 3.63) is 96.3 Å². The van der Waals surface area contributed by atoms with Crippen molar-refractivity contribution in [1.82, 2.24) is 10.4 Å². The van der Waals surface area contributed by atoms with Crippen molar-refractivity contribution in [3.63, 3.8) is 0 Å². The van der Waals surface area contributed by atoms with Crippen molar-refractivity contribution in [2.75, 3.05) is 5.43 Å². The molecule has 0 aliphatic rings. The van der Waals surface area contributed by atoms with Gasteiger partial charge in [-0.1, -0.05) is 54.6 Å². The number of hydrazine groups is 1. The fourth-order valence-corrected chi connectivity index (χ4v) is 2.11. The van der Waals surface area contributed by atoms with Gasteiger partial charge in [0.25, 0.3) is 0 Å². The van der Waals surface area contributed by atoms with Crippen molar-refractivity contribution in [3.8, 4) is 0 Å². The number of rotatable bonds is 5. The van der Waals surface area contributed by atoms with E-state index >= 15 is 0 Å². The van der Waals surface area contributed by atoms with Crippen molar-refractivity contribution >= 4 is 11.5 Å². The number of amidine groups is 1. The Labute approximate surface area is 135 Å². The summed E-state index contributed by atoms with van der Waals surface area (Å²) in [6.07, 6.45) is 3.59. The molecule has 2 N–H and O–H groups in total. The lowest BCUT2D eigenvalue weighted by Crippen LogP contribution is -2.30. The molecular weight excluding hydrogens is 284 g/mol. The summed E-state index contributed by atoms with van der Waals surface area (Å²) in [5.41, 5.74) is 9.47. The highest BCUT2D eigenvalue weighted by atomic mass is 15.4. The predicted molar refractivity (Wildman–Crippen MR) is 94.1 cm³/mol. The zero-order valence-corrected chi connectivity index (χ0v) is 12.7. The molecule has 2 aromatic carbocycles. The van der Waals surface area contributed by atoms with Crippen LogP contribution < -0.4 is 10.9 Å². The van der Waals surface area contributed by atoms with E-state index in [-0.39, 0.29) is 0 Å². The van der Waals surface area contributed by atoms with E-state index in [1.54, 1.807) is 6.20 Å². The van der Waals surface area contributed by atoms with E-state index in [4.69, 9.17) is 0 Å². The Morgan fingerprint density at radius 2 is 1.61 bits per heavy atom. The standard InChI is InChI=1S/C19H18N4/c1-3-9-17(10-4-1)19(21-15-16-8-7-13-20-14-16)23-22-18-11-5-2-6-12-18/h1-14,22H,15H2,(H,21,23). The molecule has 3 aromatic rings. The van der Waals surface area contributed by atoms with Crippen LogP contribution in [0.5, 0.6) is 0 Å². The molecule has 0 spiro atoms. The summed E-state index contributed by atoms with van der Waals surface area (Å²) < 4.78 is 0. The molecule has 0 saturated carbocycles. The Kier molecular flexibility index (Phi) is 4.98. The third-order valence-electron chi connectivity index (χ3n) is 3.29. The van der Waals surface area contributed by atoms with Gasteiger partial charge in [0.1, 0.15) is 5.84 Å². The van der Waals surface area contributed by atoms with Crippen LogP contribution >= 0.6 is 0 Å². The van der Waals surface area contributed by atoms with Crippen LogP contribution in [0.3, 0.4) is 0 Å². The Balaban J connectivity index is 1.76. The first kappa shape index (κ1) is 14.8. The number of nitrogens with zero attached hydrogens (tertiary/aromatic N) is 2. The van der Waals surface area contributed by atoms with Crippen LogP contribution in [0.1, 0.15) is 11.1 Å². The number of para-hydroxylation sites is 1. The molecule has 3 rings (SSSR count). The van der Waals surface area contributed by atoms with E-state index in [1.165, 1.54) is 0 Å². The highest BCUT2D eigenvalue weighted by Crippen LogP contribution is 2.06. The molecule has 4 heteroatoms. The Bertz CT molecular complexity index is 740. The van der Waals surface area contributed by atoms with Crippen molar-refractivity contribution in [1.29, 1.82) is 0 Å². The van der Waals surface area contributed by atoms with Crippen LogP contribution in [0, 0.1) is 0 Å². The van der Waals surface area contributed by atoms with Crippen molar-refractivity contribution in [2.24, 2.45) is 4.99 Å². The molecule has 4 nitrogen and oxygen atoms in total. The van der Waals surface area contributed by atoms with Gasteiger partial charge in [-0.05, 0) is 23.8 Å². The Hall–Kier alpha value is -3.14. The first-order valence-electron chi connectivity index (χ1n) is 7.48. The first-order chi connectivity index (χ1) is 11.4. The number of aromatic nitrogens is 1. The summed E-state index contributed by atoms with van der Waals surface area (Å²) in [5.74, 6) is 0.790. The van der Waals surface area contributed by atoms with Crippen LogP contribution in [0.25, 0.3) is 0 Å². The second kappa shape index (κ2) is 7.75. The smallest absolute Gasteiger partial charge is 0.147 e. The number of anilines is 1. The summed E-state index contributed by atoms with van der Waals surface area (Å²) in [4.78, 5) is 8.81. The second-order valence-corrected chi connectivity index (χ2v) is 5.01. The van der Waals surface area contributed by atoms with Crippen LogP contribution in [-0.4, -0.2) is 10.8 Å². The molecule has 0 amide bonds. The summed E-state index contributed by atoms with van der Waals surface area (Å²) >= 11 is 0. The predicted octanol–water partition coefficient (Wildman–Crippen LogP) is 3.65. The summed E-state index contributed by atoms with van der Waals surface area (Å²) in [6, 6.07) is 23.9. The third-order valence-corrected chi connectivity index (χ3v) is 3.29. The number of hydrogen-bond acceptors (Lipinski definition) is 3. The number of pyridine rings is 1. The molecule has 0 atom stereocenters. The topological polar surface area (TPSA) is 49.3 Å². The largest absolute Gasteiger partial charge is 0.300 e. The quantitative estimate of drug-likeness (QED) is 0.430. The second-order valence-electron chi connectivity index (χ2n) is 5.01. The zero-order valence-electron chi connectivity index (χ0n) is 12.7. The lowest BCUT2D eigenvalue weighted by molar-refractivity contribution is 1.00. The van der Waals surface area contributed by atoms with Crippen LogP contribution in [0.15, 0.2) is 90.2 Å². The molecule has 0 saturated heterocycles. The Morgan fingerprint density at radius 1 is 0.870 bits per heavy atom. The van der Waals surface area contributed by atoms with Crippen molar-refractivity contribution < 1.29 is 0 Å². The fourth-order valence-electron chi connectivity index (χ4n) is 2.11. The highest BCUT2D eigenvalue weighted by Gasteiger charge is 2.02. The zero-order chi connectivity index (χ0) is 15.7. The average molecular weight is 302 g/mol. The molecule has 1 aromatic heterocycles. The average Bonchev–Trinajstić information content (AvgIpc) is 2.64. The summed E-state index contributed by atoms with van der Waals surface area (Å²) in [6.45, 7) is 0.571. The number of hydrogen-bond donors (Lipinski definition) is 2. The molecular formula is C19H18N4. The van der Waals surface area contributed by atoms with Crippen molar-refractivity contribution in [2.45, 2.75) is 6.54 Å². The number of benzene rings is 2. The maximum Gasteiger partial charge on any atom is 0.147 e. The first-order valence-corrected chi connectivity index (χ1v) is 7.48. The van der Waals surface area contributed by atoms with E-state index in [0.717, 1.165) is 22.6 Å². The maximum absolute atomic E-state index is 4.68. The van der Waals surface area contributed by atoms with Gasteiger partial charge < -0.3 is 0 Å². The molecule has 0 bridgehead atoms. The van der Waals surface area contributed by atoms with Gasteiger partial charge in [-0.25, -0.2) is 0 Å². The molecule has 1 heterocycles.